The van der Waals surface area contributed by atoms with Crippen molar-refractivity contribution in [3.8, 4) is 16.9 Å². The van der Waals surface area contributed by atoms with Crippen LogP contribution >= 0.6 is 7.37 Å². The van der Waals surface area contributed by atoms with Gasteiger partial charge in [0.1, 0.15) is 24.0 Å². The summed E-state index contributed by atoms with van der Waals surface area (Å²) in [4.78, 5) is 33.7. The molecule has 1 unspecified atom stereocenters. The van der Waals surface area contributed by atoms with Gasteiger partial charge < -0.3 is 19.5 Å². The number of H-pyrrole nitrogens is 1. The summed E-state index contributed by atoms with van der Waals surface area (Å²) in [5.41, 5.74) is 5.24. The summed E-state index contributed by atoms with van der Waals surface area (Å²) in [6.07, 6.45) is 2.53. The van der Waals surface area contributed by atoms with Crippen LogP contribution in [-0.4, -0.2) is 45.0 Å². The SMILES string of the molecule is CCc1c(C(=O)N2CCOc3ccc(-c4ccc5nc(C6CC6)[nH]c5c4)cc3C2)ccc(P(=O)(O)CC)c1F. The Bertz CT molecular complexity index is 1640. The molecule has 7 nitrogen and oxygen atoms in total. The van der Waals surface area contributed by atoms with Crippen molar-refractivity contribution in [2.75, 3.05) is 19.3 Å². The van der Waals surface area contributed by atoms with E-state index in [2.05, 4.69) is 17.1 Å². The second-order valence-corrected chi connectivity index (χ2v) is 12.8. The van der Waals surface area contributed by atoms with E-state index >= 15 is 4.39 Å². The van der Waals surface area contributed by atoms with Crippen LogP contribution in [0.4, 0.5) is 4.39 Å². The molecule has 2 aliphatic rings. The number of nitrogens with one attached hydrogen (secondary N) is 1. The summed E-state index contributed by atoms with van der Waals surface area (Å²) < 4.78 is 33.8. The fraction of sp³-hybridized carbons (Fsp3) is 0.333. The van der Waals surface area contributed by atoms with Crippen LogP contribution in [0.2, 0.25) is 0 Å². The molecule has 6 rings (SSSR count). The second kappa shape index (κ2) is 9.92. The largest absolute Gasteiger partial charge is 0.491 e. The van der Waals surface area contributed by atoms with Gasteiger partial charge in [0, 0.05) is 35.3 Å². The van der Waals surface area contributed by atoms with Crippen LogP contribution in [0, 0.1) is 5.82 Å². The number of benzene rings is 3. The van der Waals surface area contributed by atoms with Gasteiger partial charge >= 0.3 is 0 Å². The molecule has 0 spiro atoms. The molecule has 2 N–H and O–H groups in total. The first-order valence-electron chi connectivity index (χ1n) is 13.5. The summed E-state index contributed by atoms with van der Waals surface area (Å²) in [6, 6.07) is 14.9. The van der Waals surface area contributed by atoms with E-state index in [-0.39, 0.29) is 34.9 Å². The third-order valence-corrected chi connectivity index (χ3v) is 9.69. The number of imidazole rings is 1. The Labute approximate surface area is 226 Å². The highest BCUT2D eigenvalue weighted by Gasteiger charge is 2.30. The molecule has 1 aromatic heterocycles. The molecule has 2 heterocycles. The number of rotatable bonds is 6. The normalized spacial score (nSPS) is 16.9. The van der Waals surface area contributed by atoms with Crippen molar-refractivity contribution in [2.24, 2.45) is 0 Å². The minimum atomic E-state index is -3.81. The zero-order valence-corrected chi connectivity index (χ0v) is 22.9. The molecule has 202 valence electrons. The molecular formula is C30H31FN3O4P. The van der Waals surface area contributed by atoms with Crippen LogP contribution in [0.3, 0.4) is 0 Å². The molecule has 1 atom stereocenters. The van der Waals surface area contributed by atoms with Gasteiger partial charge in [0.15, 0.2) is 0 Å². The first-order chi connectivity index (χ1) is 18.8. The maximum atomic E-state index is 15.3. The average molecular weight is 548 g/mol. The number of halogens is 1. The Morgan fingerprint density at radius 3 is 2.67 bits per heavy atom. The summed E-state index contributed by atoms with van der Waals surface area (Å²) in [5, 5.41) is -0.217. The predicted molar refractivity (Wildman–Crippen MR) is 150 cm³/mol. The molecule has 0 bridgehead atoms. The van der Waals surface area contributed by atoms with Crippen molar-refractivity contribution in [1.82, 2.24) is 14.9 Å². The Morgan fingerprint density at radius 1 is 1.15 bits per heavy atom. The average Bonchev–Trinajstić information content (AvgIpc) is 3.74. The van der Waals surface area contributed by atoms with Crippen molar-refractivity contribution >= 4 is 29.6 Å². The second-order valence-electron chi connectivity index (χ2n) is 10.3. The van der Waals surface area contributed by atoms with E-state index in [1.807, 2.05) is 24.3 Å². The van der Waals surface area contributed by atoms with Gasteiger partial charge in [-0.2, -0.15) is 0 Å². The van der Waals surface area contributed by atoms with Crippen molar-refractivity contribution < 1.29 is 23.4 Å². The first-order valence-corrected chi connectivity index (χ1v) is 15.3. The quantitative estimate of drug-likeness (QED) is 0.300. The van der Waals surface area contributed by atoms with Crippen LogP contribution in [0.15, 0.2) is 48.5 Å². The van der Waals surface area contributed by atoms with Crippen molar-refractivity contribution in [3.05, 3.63) is 76.9 Å². The maximum Gasteiger partial charge on any atom is 0.254 e. The van der Waals surface area contributed by atoms with E-state index in [1.54, 1.807) is 18.7 Å². The lowest BCUT2D eigenvalue weighted by Gasteiger charge is -2.23. The number of hydrogen-bond acceptors (Lipinski definition) is 4. The molecule has 1 saturated carbocycles. The minimum Gasteiger partial charge on any atom is -0.491 e. The van der Waals surface area contributed by atoms with Gasteiger partial charge in [0.25, 0.3) is 5.91 Å². The van der Waals surface area contributed by atoms with Crippen molar-refractivity contribution in [2.45, 2.75) is 45.6 Å². The monoisotopic (exact) mass is 547 g/mol. The number of hydrogen-bond donors (Lipinski definition) is 2. The molecule has 9 heteroatoms. The lowest BCUT2D eigenvalue weighted by molar-refractivity contribution is 0.0731. The Hall–Kier alpha value is -3.48. The third kappa shape index (κ3) is 4.77. The molecule has 0 saturated heterocycles. The van der Waals surface area contributed by atoms with Crippen molar-refractivity contribution in [3.63, 3.8) is 0 Å². The van der Waals surface area contributed by atoms with Gasteiger partial charge in [-0.1, -0.05) is 26.0 Å². The van der Waals surface area contributed by atoms with Gasteiger partial charge in [-0.25, -0.2) is 9.37 Å². The standard InChI is InChI=1S/C30H31FN3O4P/c1-3-22-23(9-12-27(28(22)31)39(36,37)4-2)30(35)34-13-14-38-26-11-8-19(15-21(26)17-34)20-7-10-24-25(16-20)33-29(32-24)18-5-6-18/h7-12,15-16,18H,3-6,13-14,17H2,1-2H3,(H,32,33)(H,36,37). The van der Waals surface area contributed by atoms with Gasteiger partial charge in [0.05, 0.1) is 22.9 Å². The van der Waals surface area contributed by atoms with E-state index in [1.165, 1.54) is 25.0 Å². The summed E-state index contributed by atoms with van der Waals surface area (Å²) in [7, 11) is -3.81. The van der Waals surface area contributed by atoms with Gasteiger partial charge in [-0.15, -0.1) is 0 Å². The number of carbonyl (C=O) groups excluding carboxylic acids is 1. The summed E-state index contributed by atoms with van der Waals surface area (Å²) >= 11 is 0. The zero-order valence-electron chi connectivity index (χ0n) is 22.0. The summed E-state index contributed by atoms with van der Waals surface area (Å²) in [6.45, 7) is 4.25. The Kier molecular flexibility index (Phi) is 6.56. The smallest absolute Gasteiger partial charge is 0.254 e. The molecule has 1 aliphatic carbocycles. The van der Waals surface area contributed by atoms with Crippen LogP contribution in [0.25, 0.3) is 22.2 Å². The van der Waals surface area contributed by atoms with Crippen molar-refractivity contribution in [1.29, 1.82) is 0 Å². The predicted octanol–water partition coefficient (Wildman–Crippen LogP) is 5.76. The van der Waals surface area contributed by atoms with Gasteiger partial charge in [-0.05, 0) is 66.8 Å². The fourth-order valence-corrected chi connectivity index (χ4v) is 6.36. The Balaban J connectivity index is 1.30. The number of carbonyl (C=O) groups is 1. The molecule has 0 radical (unpaired) electrons. The van der Waals surface area contributed by atoms with E-state index in [0.717, 1.165) is 33.5 Å². The molecule has 1 fully saturated rings. The van der Waals surface area contributed by atoms with Crippen LogP contribution < -0.4 is 10.0 Å². The number of aromatic amines is 1. The van der Waals surface area contributed by atoms with E-state index in [9.17, 15) is 14.3 Å². The molecule has 39 heavy (non-hydrogen) atoms. The highest BCUT2D eigenvalue weighted by molar-refractivity contribution is 7.66. The van der Waals surface area contributed by atoms with Crippen LogP contribution in [0.1, 0.15) is 59.9 Å². The van der Waals surface area contributed by atoms with E-state index < -0.39 is 13.2 Å². The van der Waals surface area contributed by atoms with Gasteiger partial charge in [-0.3, -0.25) is 9.36 Å². The number of nitrogens with zero attached hydrogens (tertiary/aromatic N) is 2. The van der Waals surface area contributed by atoms with Gasteiger partial charge in [0.2, 0.25) is 7.37 Å². The lowest BCUT2D eigenvalue weighted by Crippen LogP contribution is -2.33. The van der Waals surface area contributed by atoms with Crippen LogP contribution in [-0.2, 0) is 17.5 Å². The van der Waals surface area contributed by atoms with E-state index in [4.69, 9.17) is 9.72 Å². The number of amides is 1. The summed E-state index contributed by atoms with van der Waals surface area (Å²) in [5.74, 6) is 1.23. The number of fused-ring (bicyclic) bond motifs is 2. The topological polar surface area (TPSA) is 95.5 Å². The third-order valence-electron chi connectivity index (χ3n) is 7.74. The molecular weight excluding hydrogens is 516 g/mol. The van der Waals surface area contributed by atoms with E-state index in [0.29, 0.717) is 31.4 Å². The lowest BCUT2D eigenvalue weighted by atomic mass is 10.0. The first kappa shape index (κ1) is 25.8. The number of ether oxygens (including phenoxy) is 1. The molecule has 3 aromatic carbocycles. The fourth-order valence-electron chi connectivity index (χ4n) is 5.27. The highest BCUT2D eigenvalue weighted by atomic mass is 31.2. The highest BCUT2D eigenvalue weighted by Crippen LogP contribution is 2.41. The molecule has 1 amide bonds. The number of aromatic nitrogens is 2. The van der Waals surface area contributed by atoms with Crippen LogP contribution in [0.5, 0.6) is 5.75 Å². The minimum absolute atomic E-state index is 0.0715. The molecule has 1 aliphatic heterocycles. The zero-order chi connectivity index (χ0) is 27.3. The Morgan fingerprint density at radius 2 is 1.92 bits per heavy atom. The maximum absolute atomic E-state index is 15.3. The molecule has 4 aromatic rings.